The van der Waals surface area contributed by atoms with Crippen molar-refractivity contribution in [2.24, 2.45) is 17.8 Å². The molecule has 0 heterocycles. The Balaban J connectivity index is 1.68. The van der Waals surface area contributed by atoms with E-state index in [4.69, 9.17) is 18.0 Å². The molecule has 0 radical (unpaired) electrons. The minimum Gasteiger partial charge on any atom is -0.465 e. The van der Waals surface area contributed by atoms with Gasteiger partial charge < -0.3 is 18.0 Å². The van der Waals surface area contributed by atoms with Gasteiger partial charge in [0.15, 0.2) is 0 Å². The Kier molecular flexibility index (Phi) is 5.37. The standard InChI is InChI=1S/C14H24O5Si/c1-16-20(17-2,18-3)8-4-7-19-14(15)13-10-11-5-6-12(13)9-11/h5-6,11-13H,4,7-10H2,1-3H3. The summed E-state index contributed by atoms with van der Waals surface area (Å²) < 4.78 is 21.4. The first-order valence-corrected chi connectivity index (χ1v) is 9.07. The Morgan fingerprint density at radius 1 is 1.15 bits per heavy atom. The summed E-state index contributed by atoms with van der Waals surface area (Å²) in [5.41, 5.74) is 0. The summed E-state index contributed by atoms with van der Waals surface area (Å²) in [6.45, 7) is 0.404. The fraction of sp³-hybridized carbons (Fsp3) is 0.786. The van der Waals surface area contributed by atoms with Gasteiger partial charge in [-0.3, -0.25) is 4.79 Å². The topological polar surface area (TPSA) is 54.0 Å². The molecule has 3 unspecified atom stereocenters. The minimum absolute atomic E-state index is 0.0543. The predicted octanol–water partition coefficient (Wildman–Crippen LogP) is 2.01. The highest BCUT2D eigenvalue weighted by molar-refractivity contribution is 6.60. The van der Waals surface area contributed by atoms with Crippen LogP contribution in [0.3, 0.4) is 0 Å². The molecule has 0 aromatic carbocycles. The van der Waals surface area contributed by atoms with Gasteiger partial charge in [0.2, 0.25) is 0 Å². The van der Waals surface area contributed by atoms with E-state index in [1.165, 1.54) is 0 Å². The van der Waals surface area contributed by atoms with E-state index in [-0.39, 0.29) is 11.9 Å². The number of carbonyl (C=O) groups is 1. The van der Waals surface area contributed by atoms with Crippen LogP contribution in [0.15, 0.2) is 12.2 Å². The van der Waals surface area contributed by atoms with Crippen LogP contribution < -0.4 is 0 Å². The van der Waals surface area contributed by atoms with Gasteiger partial charge in [-0.15, -0.1) is 0 Å². The fourth-order valence-electron chi connectivity index (χ4n) is 3.18. The van der Waals surface area contributed by atoms with E-state index < -0.39 is 8.80 Å². The van der Waals surface area contributed by atoms with Gasteiger partial charge in [-0.2, -0.15) is 0 Å². The molecule has 0 spiro atoms. The number of rotatable bonds is 8. The molecule has 0 N–H and O–H groups in total. The monoisotopic (exact) mass is 300 g/mol. The van der Waals surface area contributed by atoms with E-state index in [1.807, 2.05) is 0 Å². The van der Waals surface area contributed by atoms with Crippen LogP contribution >= 0.6 is 0 Å². The van der Waals surface area contributed by atoms with Gasteiger partial charge in [-0.05, 0) is 31.1 Å². The molecule has 114 valence electrons. The molecule has 5 nitrogen and oxygen atoms in total. The van der Waals surface area contributed by atoms with Crippen molar-refractivity contribution in [1.82, 2.24) is 0 Å². The highest BCUT2D eigenvalue weighted by Crippen LogP contribution is 2.43. The SMILES string of the molecule is CO[Si](CCCOC(=O)C1CC2C=CC1C2)(OC)OC. The summed E-state index contributed by atoms with van der Waals surface area (Å²) in [5.74, 6) is 1.01. The van der Waals surface area contributed by atoms with Crippen LogP contribution in [0.5, 0.6) is 0 Å². The molecule has 2 aliphatic rings. The van der Waals surface area contributed by atoms with E-state index >= 15 is 0 Å². The zero-order valence-electron chi connectivity index (χ0n) is 12.5. The number of hydrogen-bond donors (Lipinski definition) is 0. The van der Waals surface area contributed by atoms with Crippen molar-refractivity contribution in [1.29, 1.82) is 0 Å². The molecule has 2 rings (SSSR count). The maximum absolute atomic E-state index is 12.0. The zero-order valence-corrected chi connectivity index (χ0v) is 13.5. The zero-order chi connectivity index (χ0) is 14.6. The fourth-order valence-corrected chi connectivity index (χ4v) is 4.87. The molecule has 0 aromatic heterocycles. The second kappa shape index (κ2) is 6.84. The molecule has 0 saturated heterocycles. The van der Waals surface area contributed by atoms with E-state index in [9.17, 15) is 4.79 Å². The van der Waals surface area contributed by atoms with Crippen LogP contribution in [0.25, 0.3) is 0 Å². The second-order valence-corrected chi connectivity index (χ2v) is 8.54. The van der Waals surface area contributed by atoms with Gasteiger partial charge in [0.05, 0.1) is 12.5 Å². The van der Waals surface area contributed by atoms with Crippen LogP contribution in [-0.4, -0.2) is 42.7 Å². The van der Waals surface area contributed by atoms with Gasteiger partial charge in [-0.1, -0.05) is 12.2 Å². The number of fused-ring (bicyclic) bond motifs is 2. The van der Waals surface area contributed by atoms with Crippen LogP contribution in [0.2, 0.25) is 6.04 Å². The Hall–Kier alpha value is -0.693. The van der Waals surface area contributed by atoms with Crippen LogP contribution in [-0.2, 0) is 22.8 Å². The second-order valence-electron chi connectivity index (χ2n) is 5.45. The summed E-state index contributed by atoms with van der Waals surface area (Å²) in [7, 11) is 2.23. The number of hydrogen-bond acceptors (Lipinski definition) is 5. The van der Waals surface area contributed by atoms with Crippen molar-refractivity contribution in [2.75, 3.05) is 27.9 Å². The molecule has 1 saturated carbocycles. The van der Waals surface area contributed by atoms with Crippen molar-refractivity contribution >= 4 is 14.8 Å². The summed E-state index contributed by atoms with van der Waals surface area (Å²) in [6, 6.07) is 0.653. The molecule has 0 aromatic rings. The molecule has 1 fully saturated rings. The predicted molar refractivity (Wildman–Crippen MR) is 76.0 cm³/mol. The van der Waals surface area contributed by atoms with Crippen molar-refractivity contribution in [3.05, 3.63) is 12.2 Å². The number of carbonyl (C=O) groups excluding carboxylic acids is 1. The number of esters is 1. The lowest BCUT2D eigenvalue weighted by Crippen LogP contribution is -2.42. The molecule has 3 atom stereocenters. The van der Waals surface area contributed by atoms with Crippen molar-refractivity contribution < 1.29 is 22.8 Å². The summed E-state index contributed by atoms with van der Waals surface area (Å²) >= 11 is 0. The molecular formula is C14H24O5Si. The normalized spacial score (nSPS) is 28.1. The maximum atomic E-state index is 12.0. The third kappa shape index (κ3) is 3.31. The number of allylic oxidation sites excluding steroid dienone is 2. The molecule has 0 amide bonds. The Morgan fingerprint density at radius 3 is 2.35 bits per heavy atom. The molecule has 20 heavy (non-hydrogen) atoms. The smallest absolute Gasteiger partial charge is 0.465 e. The van der Waals surface area contributed by atoms with Crippen molar-refractivity contribution in [3.8, 4) is 0 Å². The van der Waals surface area contributed by atoms with E-state index in [2.05, 4.69) is 12.2 Å². The van der Waals surface area contributed by atoms with E-state index in [1.54, 1.807) is 21.3 Å². The Morgan fingerprint density at radius 2 is 1.85 bits per heavy atom. The van der Waals surface area contributed by atoms with Crippen LogP contribution in [0.1, 0.15) is 19.3 Å². The lowest BCUT2D eigenvalue weighted by atomic mass is 9.94. The molecule has 6 heteroatoms. The largest absolute Gasteiger partial charge is 0.500 e. The average Bonchev–Trinajstić information content (AvgIpc) is 3.11. The third-order valence-corrected chi connectivity index (χ3v) is 7.22. The first-order chi connectivity index (χ1) is 9.64. The van der Waals surface area contributed by atoms with E-state index in [0.29, 0.717) is 30.9 Å². The van der Waals surface area contributed by atoms with Crippen LogP contribution in [0, 0.1) is 17.8 Å². The molecule has 2 aliphatic carbocycles. The van der Waals surface area contributed by atoms with Gasteiger partial charge in [-0.25, -0.2) is 0 Å². The molecule has 0 aliphatic heterocycles. The molecule has 2 bridgehead atoms. The molecular weight excluding hydrogens is 276 g/mol. The Labute approximate surface area is 121 Å². The summed E-state index contributed by atoms with van der Waals surface area (Å²) in [4.78, 5) is 12.0. The number of ether oxygens (including phenoxy) is 1. The van der Waals surface area contributed by atoms with Gasteiger partial charge in [0.1, 0.15) is 0 Å². The van der Waals surface area contributed by atoms with Crippen molar-refractivity contribution in [2.45, 2.75) is 25.3 Å². The van der Waals surface area contributed by atoms with Gasteiger partial charge in [0.25, 0.3) is 0 Å². The first-order valence-electron chi connectivity index (χ1n) is 7.14. The summed E-state index contributed by atoms with van der Waals surface area (Å²) in [5, 5.41) is 0. The Bertz CT molecular complexity index is 358. The van der Waals surface area contributed by atoms with Crippen molar-refractivity contribution in [3.63, 3.8) is 0 Å². The van der Waals surface area contributed by atoms with Crippen LogP contribution in [0.4, 0.5) is 0 Å². The highest BCUT2D eigenvalue weighted by atomic mass is 28.4. The lowest BCUT2D eigenvalue weighted by Gasteiger charge is -2.24. The average molecular weight is 300 g/mol. The van der Waals surface area contributed by atoms with E-state index in [0.717, 1.165) is 12.8 Å². The third-order valence-electron chi connectivity index (χ3n) is 4.39. The van der Waals surface area contributed by atoms with Gasteiger partial charge in [0, 0.05) is 27.4 Å². The van der Waals surface area contributed by atoms with Gasteiger partial charge >= 0.3 is 14.8 Å². The maximum Gasteiger partial charge on any atom is 0.500 e. The minimum atomic E-state index is -2.54. The lowest BCUT2D eigenvalue weighted by molar-refractivity contribution is -0.149. The highest BCUT2D eigenvalue weighted by Gasteiger charge is 2.41. The first kappa shape index (κ1) is 15.7. The quantitative estimate of drug-likeness (QED) is 0.297. The summed E-state index contributed by atoms with van der Waals surface area (Å²) in [6.07, 6.45) is 7.16.